The van der Waals surface area contributed by atoms with Crippen LogP contribution in [0.4, 0.5) is 0 Å². The summed E-state index contributed by atoms with van der Waals surface area (Å²) in [6, 6.07) is 1.35. The van der Waals surface area contributed by atoms with Crippen LogP contribution in [-0.2, 0) is 4.79 Å². The topological polar surface area (TPSA) is 99.5 Å². The molecule has 1 aromatic rings. The van der Waals surface area contributed by atoms with E-state index in [0.29, 0.717) is 0 Å². The summed E-state index contributed by atoms with van der Waals surface area (Å²) in [5, 5.41) is 20.0. The van der Waals surface area contributed by atoms with Crippen LogP contribution >= 0.6 is 0 Å². The Kier molecular flexibility index (Phi) is 3.61. The number of amides is 1. The summed E-state index contributed by atoms with van der Waals surface area (Å²) in [5.41, 5.74) is 0.0791. The Balaban J connectivity index is 2.54. The number of carboxylic acids is 1. The van der Waals surface area contributed by atoms with E-state index in [-0.39, 0.29) is 24.3 Å². The van der Waals surface area contributed by atoms with Crippen LogP contribution in [0.2, 0.25) is 0 Å². The van der Waals surface area contributed by atoms with Crippen LogP contribution in [0.3, 0.4) is 0 Å². The zero-order valence-electron chi connectivity index (χ0n) is 7.80. The molecular formula is C9H10N2O4. The summed E-state index contributed by atoms with van der Waals surface area (Å²) in [5.74, 6) is -1.74. The van der Waals surface area contributed by atoms with E-state index in [9.17, 15) is 14.7 Å². The maximum Gasteiger partial charge on any atom is 0.305 e. The molecule has 0 aromatic carbocycles. The summed E-state index contributed by atoms with van der Waals surface area (Å²) in [4.78, 5) is 25.1. The maximum absolute atomic E-state index is 11.4. The third kappa shape index (κ3) is 3.26. The molecule has 0 saturated carbocycles. The lowest BCUT2D eigenvalue weighted by Crippen LogP contribution is -2.26. The van der Waals surface area contributed by atoms with Crippen molar-refractivity contribution in [3.05, 3.63) is 24.0 Å². The predicted octanol–water partition coefficient (Wildman–Crippen LogP) is -0.00830. The smallest absolute Gasteiger partial charge is 0.305 e. The van der Waals surface area contributed by atoms with E-state index in [1.165, 1.54) is 12.3 Å². The first-order valence-electron chi connectivity index (χ1n) is 4.24. The molecule has 0 aliphatic rings. The minimum atomic E-state index is -0.991. The van der Waals surface area contributed by atoms with Crippen molar-refractivity contribution < 1.29 is 19.8 Å². The average Bonchev–Trinajstić information content (AvgIpc) is 2.17. The van der Waals surface area contributed by atoms with Gasteiger partial charge in [-0.2, -0.15) is 0 Å². The van der Waals surface area contributed by atoms with E-state index in [4.69, 9.17) is 5.11 Å². The van der Waals surface area contributed by atoms with Gasteiger partial charge < -0.3 is 15.5 Å². The second-order valence-corrected chi connectivity index (χ2v) is 2.79. The number of hydrogen-bond donors (Lipinski definition) is 3. The van der Waals surface area contributed by atoms with Crippen molar-refractivity contribution in [2.24, 2.45) is 0 Å². The lowest BCUT2D eigenvalue weighted by molar-refractivity contribution is -0.136. The molecule has 0 bridgehead atoms. The highest BCUT2D eigenvalue weighted by Gasteiger charge is 2.10. The van der Waals surface area contributed by atoms with E-state index in [1.807, 2.05) is 0 Å². The van der Waals surface area contributed by atoms with E-state index < -0.39 is 11.9 Å². The van der Waals surface area contributed by atoms with Crippen LogP contribution in [0, 0.1) is 0 Å². The van der Waals surface area contributed by atoms with Crippen molar-refractivity contribution in [3.63, 3.8) is 0 Å². The van der Waals surface area contributed by atoms with Gasteiger partial charge in [0, 0.05) is 12.7 Å². The Hall–Kier alpha value is -2.11. The fourth-order valence-electron chi connectivity index (χ4n) is 0.956. The van der Waals surface area contributed by atoms with Crippen LogP contribution in [0.15, 0.2) is 18.5 Å². The fraction of sp³-hybridized carbons (Fsp3) is 0.222. The number of nitrogens with one attached hydrogen (secondary N) is 1. The molecule has 6 nitrogen and oxygen atoms in total. The Bertz CT molecular complexity index is 378. The number of rotatable bonds is 4. The first kappa shape index (κ1) is 11.0. The monoisotopic (exact) mass is 210 g/mol. The number of pyridine rings is 1. The predicted molar refractivity (Wildman–Crippen MR) is 50.5 cm³/mol. The van der Waals surface area contributed by atoms with Gasteiger partial charge in [0.2, 0.25) is 0 Å². The van der Waals surface area contributed by atoms with Crippen molar-refractivity contribution in [2.75, 3.05) is 6.54 Å². The van der Waals surface area contributed by atoms with Crippen LogP contribution < -0.4 is 5.32 Å². The molecule has 6 heteroatoms. The van der Waals surface area contributed by atoms with E-state index >= 15 is 0 Å². The minimum absolute atomic E-state index is 0.0237. The van der Waals surface area contributed by atoms with Gasteiger partial charge >= 0.3 is 5.97 Å². The van der Waals surface area contributed by atoms with Crippen molar-refractivity contribution in [3.8, 4) is 5.75 Å². The van der Waals surface area contributed by atoms with Gasteiger partial charge in [0.05, 0.1) is 18.2 Å². The molecule has 0 saturated heterocycles. The SMILES string of the molecule is O=C(O)CCNC(=O)c1ccncc1O. The summed E-state index contributed by atoms with van der Waals surface area (Å²) in [7, 11) is 0. The number of hydrogen-bond acceptors (Lipinski definition) is 4. The Morgan fingerprint density at radius 2 is 2.20 bits per heavy atom. The first-order valence-corrected chi connectivity index (χ1v) is 4.24. The van der Waals surface area contributed by atoms with E-state index in [0.717, 1.165) is 6.20 Å². The van der Waals surface area contributed by atoms with Crippen LogP contribution in [0.5, 0.6) is 5.75 Å². The van der Waals surface area contributed by atoms with Gasteiger partial charge in [0.15, 0.2) is 0 Å². The van der Waals surface area contributed by atoms with Crippen molar-refractivity contribution >= 4 is 11.9 Å². The van der Waals surface area contributed by atoms with Gasteiger partial charge in [-0.3, -0.25) is 14.6 Å². The van der Waals surface area contributed by atoms with E-state index in [1.54, 1.807) is 0 Å². The van der Waals surface area contributed by atoms with Gasteiger partial charge in [-0.25, -0.2) is 0 Å². The third-order valence-corrected chi connectivity index (χ3v) is 1.67. The number of aliphatic carboxylic acids is 1. The summed E-state index contributed by atoms with van der Waals surface area (Å²) >= 11 is 0. The van der Waals surface area contributed by atoms with Gasteiger partial charge in [0.25, 0.3) is 5.91 Å². The number of carbonyl (C=O) groups excluding carboxylic acids is 1. The molecule has 0 aliphatic heterocycles. The molecule has 1 rings (SSSR count). The lowest BCUT2D eigenvalue weighted by atomic mass is 10.2. The molecule has 0 atom stereocenters. The molecule has 1 heterocycles. The second kappa shape index (κ2) is 4.94. The van der Waals surface area contributed by atoms with Crippen molar-refractivity contribution in [2.45, 2.75) is 6.42 Å². The quantitative estimate of drug-likeness (QED) is 0.649. The molecule has 0 unspecified atom stereocenters. The molecule has 0 aliphatic carbocycles. The average molecular weight is 210 g/mol. The Morgan fingerprint density at radius 3 is 2.80 bits per heavy atom. The van der Waals surface area contributed by atoms with Crippen LogP contribution in [0.1, 0.15) is 16.8 Å². The summed E-state index contributed by atoms with van der Waals surface area (Å²) in [6.07, 6.45) is 2.36. The molecular weight excluding hydrogens is 200 g/mol. The number of nitrogens with zero attached hydrogens (tertiary/aromatic N) is 1. The molecule has 0 spiro atoms. The van der Waals surface area contributed by atoms with Crippen molar-refractivity contribution in [1.82, 2.24) is 10.3 Å². The summed E-state index contributed by atoms with van der Waals surface area (Å²) in [6.45, 7) is 0.0237. The standard InChI is InChI=1S/C9H10N2O4/c12-7-5-10-3-1-6(7)9(15)11-4-2-8(13)14/h1,3,5,12H,2,4H2,(H,11,15)(H,13,14). The second-order valence-electron chi connectivity index (χ2n) is 2.79. The normalized spacial score (nSPS) is 9.60. The highest BCUT2D eigenvalue weighted by Crippen LogP contribution is 2.12. The molecule has 3 N–H and O–H groups in total. The van der Waals surface area contributed by atoms with Gasteiger partial charge in [-0.1, -0.05) is 0 Å². The van der Waals surface area contributed by atoms with Gasteiger partial charge in [-0.05, 0) is 6.07 Å². The zero-order chi connectivity index (χ0) is 11.3. The molecule has 15 heavy (non-hydrogen) atoms. The Labute approximate surface area is 85.6 Å². The number of carbonyl (C=O) groups is 2. The van der Waals surface area contributed by atoms with Crippen LogP contribution in [0.25, 0.3) is 0 Å². The lowest BCUT2D eigenvalue weighted by Gasteiger charge is -2.04. The fourth-order valence-corrected chi connectivity index (χ4v) is 0.956. The summed E-state index contributed by atoms with van der Waals surface area (Å²) < 4.78 is 0. The third-order valence-electron chi connectivity index (χ3n) is 1.67. The first-order chi connectivity index (χ1) is 7.11. The highest BCUT2D eigenvalue weighted by molar-refractivity contribution is 5.96. The van der Waals surface area contributed by atoms with Crippen molar-refractivity contribution in [1.29, 1.82) is 0 Å². The number of aromatic hydroxyl groups is 1. The van der Waals surface area contributed by atoms with Crippen LogP contribution in [-0.4, -0.2) is 33.6 Å². The molecule has 80 valence electrons. The molecule has 0 fully saturated rings. The van der Waals surface area contributed by atoms with E-state index in [2.05, 4.69) is 10.3 Å². The highest BCUT2D eigenvalue weighted by atomic mass is 16.4. The zero-order valence-corrected chi connectivity index (χ0v) is 7.80. The molecule has 1 amide bonds. The van der Waals surface area contributed by atoms with Gasteiger partial charge in [0.1, 0.15) is 5.75 Å². The molecule has 0 radical (unpaired) electrons. The number of aromatic nitrogens is 1. The largest absolute Gasteiger partial charge is 0.505 e. The molecule has 1 aromatic heterocycles. The van der Waals surface area contributed by atoms with Gasteiger partial charge in [-0.15, -0.1) is 0 Å². The Morgan fingerprint density at radius 1 is 1.47 bits per heavy atom. The minimum Gasteiger partial charge on any atom is -0.505 e. The maximum atomic E-state index is 11.4. The number of carboxylic acid groups (broad SMARTS) is 1.